The molecule has 1 aliphatic heterocycles. The SMILES string of the molecule is COc1ccc(C[NH+]2CC[NH+]([C@H](C)C(=O)N[C@H]3CCCC[C@@H]3C)CC2)c(OC)c1OC. The monoisotopic (exact) mass is 435 g/mol. The Morgan fingerprint density at radius 2 is 1.71 bits per heavy atom. The van der Waals surface area contributed by atoms with Crippen LogP contribution in [-0.2, 0) is 11.3 Å². The minimum Gasteiger partial charge on any atom is -0.493 e. The molecule has 7 heteroatoms. The fraction of sp³-hybridized carbons (Fsp3) is 0.708. The highest BCUT2D eigenvalue weighted by molar-refractivity contribution is 5.80. The number of nitrogens with one attached hydrogen (secondary N) is 3. The van der Waals surface area contributed by atoms with Gasteiger partial charge in [0.05, 0.1) is 26.9 Å². The van der Waals surface area contributed by atoms with E-state index in [-0.39, 0.29) is 11.9 Å². The van der Waals surface area contributed by atoms with Crippen LogP contribution in [-0.4, -0.2) is 65.5 Å². The fourth-order valence-corrected chi connectivity index (χ4v) is 5.13. The highest BCUT2D eigenvalue weighted by atomic mass is 16.5. The summed E-state index contributed by atoms with van der Waals surface area (Å²) in [5.41, 5.74) is 1.12. The summed E-state index contributed by atoms with van der Waals surface area (Å²) in [6.07, 6.45) is 4.88. The summed E-state index contributed by atoms with van der Waals surface area (Å²) in [7, 11) is 4.95. The van der Waals surface area contributed by atoms with E-state index in [0.717, 1.165) is 50.5 Å². The third-order valence-corrected chi connectivity index (χ3v) is 7.27. The number of methoxy groups -OCH3 is 3. The molecule has 1 aromatic rings. The molecule has 1 aliphatic carbocycles. The van der Waals surface area contributed by atoms with Crippen molar-refractivity contribution >= 4 is 5.91 Å². The number of ether oxygens (including phenoxy) is 3. The van der Waals surface area contributed by atoms with Gasteiger partial charge in [-0.05, 0) is 37.8 Å². The van der Waals surface area contributed by atoms with E-state index in [1.165, 1.54) is 29.1 Å². The molecule has 2 fully saturated rings. The van der Waals surface area contributed by atoms with Crippen LogP contribution in [0.2, 0.25) is 0 Å². The minimum absolute atomic E-state index is 0.00583. The molecule has 2 aliphatic rings. The van der Waals surface area contributed by atoms with Crippen molar-refractivity contribution in [2.45, 2.75) is 58.2 Å². The molecule has 1 saturated heterocycles. The number of hydrogen-bond donors (Lipinski definition) is 3. The molecule has 3 N–H and O–H groups in total. The molecule has 3 rings (SSSR count). The van der Waals surface area contributed by atoms with Gasteiger partial charge in [0.1, 0.15) is 32.7 Å². The number of quaternary nitrogens is 2. The lowest BCUT2D eigenvalue weighted by molar-refractivity contribution is -1.02. The number of carbonyl (C=O) groups excluding carboxylic acids is 1. The van der Waals surface area contributed by atoms with E-state index in [1.54, 1.807) is 21.3 Å². The largest absolute Gasteiger partial charge is 0.493 e. The average molecular weight is 436 g/mol. The van der Waals surface area contributed by atoms with Gasteiger partial charge in [0.2, 0.25) is 5.75 Å². The van der Waals surface area contributed by atoms with Crippen molar-refractivity contribution in [1.82, 2.24) is 5.32 Å². The molecule has 174 valence electrons. The third-order valence-electron chi connectivity index (χ3n) is 7.27. The van der Waals surface area contributed by atoms with E-state index in [4.69, 9.17) is 14.2 Å². The van der Waals surface area contributed by atoms with Crippen LogP contribution in [0.15, 0.2) is 12.1 Å². The van der Waals surface area contributed by atoms with Gasteiger partial charge in [0.25, 0.3) is 5.91 Å². The molecule has 3 atom stereocenters. The first-order valence-corrected chi connectivity index (χ1v) is 11.7. The summed E-state index contributed by atoms with van der Waals surface area (Å²) < 4.78 is 16.6. The Balaban J connectivity index is 1.54. The van der Waals surface area contributed by atoms with Gasteiger partial charge in [0, 0.05) is 6.04 Å². The van der Waals surface area contributed by atoms with E-state index in [1.807, 2.05) is 6.07 Å². The van der Waals surface area contributed by atoms with Gasteiger partial charge in [0.15, 0.2) is 17.5 Å². The number of hydrogen-bond acceptors (Lipinski definition) is 4. The van der Waals surface area contributed by atoms with E-state index < -0.39 is 0 Å². The Kier molecular flexibility index (Phi) is 8.43. The lowest BCUT2D eigenvalue weighted by Crippen LogP contribution is -3.29. The first kappa shape index (κ1) is 23.7. The zero-order valence-electron chi connectivity index (χ0n) is 19.9. The Bertz CT molecular complexity index is 734. The second-order valence-electron chi connectivity index (χ2n) is 9.18. The Morgan fingerprint density at radius 3 is 2.32 bits per heavy atom. The van der Waals surface area contributed by atoms with Gasteiger partial charge in [-0.15, -0.1) is 0 Å². The van der Waals surface area contributed by atoms with Crippen LogP contribution in [0.25, 0.3) is 0 Å². The number of benzene rings is 1. The highest BCUT2D eigenvalue weighted by Gasteiger charge is 2.33. The van der Waals surface area contributed by atoms with E-state index in [0.29, 0.717) is 23.5 Å². The van der Waals surface area contributed by atoms with Crippen LogP contribution in [0.5, 0.6) is 17.2 Å². The van der Waals surface area contributed by atoms with Crippen molar-refractivity contribution in [2.24, 2.45) is 5.92 Å². The van der Waals surface area contributed by atoms with Gasteiger partial charge in [-0.3, -0.25) is 4.79 Å². The van der Waals surface area contributed by atoms with Crippen LogP contribution in [0.1, 0.15) is 45.1 Å². The van der Waals surface area contributed by atoms with Crippen molar-refractivity contribution in [2.75, 3.05) is 47.5 Å². The second-order valence-corrected chi connectivity index (χ2v) is 9.18. The van der Waals surface area contributed by atoms with E-state index >= 15 is 0 Å². The van der Waals surface area contributed by atoms with Gasteiger partial charge < -0.3 is 29.3 Å². The van der Waals surface area contributed by atoms with Crippen molar-refractivity contribution in [3.8, 4) is 17.2 Å². The summed E-state index contributed by atoms with van der Waals surface area (Å²) in [4.78, 5) is 15.8. The molecule has 1 aromatic carbocycles. The Labute approximate surface area is 187 Å². The van der Waals surface area contributed by atoms with Crippen LogP contribution in [0.3, 0.4) is 0 Å². The van der Waals surface area contributed by atoms with Crippen molar-refractivity contribution in [1.29, 1.82) is 0 Å². The van der Waals surface area contributed by atoms with Gasteiger partial charge in [-0.2, -0.15) is 0 Å². The van der Waals surface area contributed by atoms with Crippen molar-refractivity contribution in [3.63, 3.8) is 0 Å². The summed E-state index contributed by atoms with van der Waals surface area (Å²) in [6, 6.07) is 4.36. The molecule has 0 bridgehead atoms. The maximum absolute atomic E-state index is 12.9. The molecular weight excluding hydrogens is 394 g/mol. The van der Waals surface area contributed by atoms with Crippen LogP contribution >= 0.6 is 0 Å². The zero-order chi connectivity index (χ0) is 22.4. The number of amides is 1. The average Bonchev–Trinajstić information content (AvgIpc) is 2.80. The molecule has 0 aromatic heterocycles. The Morgan fingerprint density at radius 1 is 1.03 bits per heavy atom. The first-order chi connectivity index (χ1) is 15.0. The summed E-state index contributed by atoms with van der Waals surface area (Å²) in [5.74, 6) is 2.89. The molecule has 1 heterocycles. The van der Waals surface area contributed by atoms with Crippen molar-refractivity contribution in [3.05, 3.63) is 17.7 Å². The first-order valence-electron chi connectivity index (χ1n) is 11.7. The molecule has 1 amide bonds. The number of carbonyl (C=O) groups is 1. The van der Waals surface area contributed by atoms with Crippen LogP contribution in [0, 0.1) is 5.92 Å². The summed E-state index contributed by atoms with van der Waals surface area (Å²) >= 11 is 0. The third kappa shape index (κ3) is 5.63. The maximum Gasteiger partial charge on any atom is 0.278 e. The summed E-state index contributed by atoms with van der Waals surface area (Å²) in [6.45, 7) is 9.29. The van der Waals surface area contributed by atoms with Gasteiger partial charge in [-0.25, -0.2) is 0 Å². The lowest BCUT2D eigenvalue weighted by Gasteiger charge is -2.35. The number of piperazine rings is 1. The smallest absolute Gasteiger partial charge is 0.278 e. The quantitative estimate of drug-likeness (QED) is 0.541. The normalized spacial score (nSPS) is 27.3. The van der Waals surface area contributed by atoms with Crippen molar-refractivity contribution < 1.29 is 28.8 Å². The van der Waals surface area contributed by atoms with Crippen LogP contribution < -0.4 is 29.3 Å². The predicted molar refractivity (Wildman–Crippen MR) is 120 cm³/mol. The molecule has 0 spiro atoms. The maximum atomic E-state index is 12.9. The molecular formula is C24H41N3O4+2. The van der Waals surface area contributed by atoms with Gasteiger partial charge in [-0.1, -0.05) is 19.8 Å². The van der Waals surface area contributed by atoms with Crippen LogP contribution in [0.4, 0.5) is 0 Å². The van der Waals surface area contributed by atoms with E-state index in [9.17, 15) is 4.79 Å². The molecule has 1 saturated carbocycles. The Hall–Kier alpha value is -1.99. The second kappa shape index (κ2) is 11.0. The zero-order valence-corrected chi connectivity index (χ0v) is 19.9. The topological polar surface area (TPSA) is 65.7 Å². The molecule has 0 unspecified atom stereocenters. The predicted octanol–water partition coefficient (Wildman–Crippen LogP) is 0.0792. The summed E-state index contributed by atoms with van der Waals surface area (Å²) in [5, 5.41) is 3.35. The highest BCUT2D eigenvalue weighted by Crippen LogP contribution is 2.39. The fourth-order valence-electron chi connectivity index (χ4n) is 5.13. The molecule has 31 heavy (non-hydrogen) atoms. The van der Waals surface area contributed by atoms with E-state index in [2.05, 4.69) is 25.2 Å². The molecule has 7 nitrogen and oxygen atoms in total. The van der Waals surface area contributed by atoms with Gasteiger partial charge >= 0.3 is 0 Å². The minimum atomic E-state index is 0.00583. The lowest BCUT2D eigenvalue weighted by atomic mass is 9.86. The molecule has 0 radical (unpaired) electrons. The standard InChI is InChI=1S/C24H39N3O4/c1-17-8-6-7-9-20(17)25-24(28)18(2)27-14-12-26(13-15-27)16-19-10-11-21(29-3)23(31-5)22(19)30-4/h10-11,17-18,20H,6-9,12-16H2,1-5H3,(H,25,28)/p+2/t17-,18+,20-/m0/s1. The number of rotatable bonds is 8.